The Morgan fingerprint density at radius 2 is 1.88 bits per heavy atom. The normalized spacial score (nSPS) is 15.3. The van der Waals surface area contributed by atoms with E-state index in [4.69, 9.17) is 23.2 Å². The van der Waals surface area contributed by atoms with Crippen LogP contribution >= 0.6 is 23.2 Å². The molecule has 1 saturated heterocycles. The first-order valence-electron chi connectivity index (χ1n) is 8.54. The molecule has 0 saturated carbocycles. The average molecular weight is 389 g/mol. The zero-order valence-electron chi connectivity index (χ0n) is 14.5. The van der Waals surface area contributed by atoms with Crippen molar-refractivity contribution in [3.8, 4) is 0 Å². The topological polar surface area (TPSA) is 40.6 Å². The fourth-order valence-corrected chi connectivity index (χ4v) is 3.47. The largest absolute Gasteiger partial charge is 0.346 e. The Morgan fingerprint density at radius 3 is 2.48 bits per heavy atom. The van der Waals surface area contributed by atoms with Crippen LogP contribution in [0.4, 0.5) is 4.39 Å². The van der Waals surface area contributed by atoms with E-state index in [9.17, 15) is 14.0 Å². The lowest BCUT2D eigenvalue weighted by Gasteiger charge is -2.33. The molecule has 0 aliphatic carbocycles. The summed E-state index contributed by atoms with van der Waals surface area (Å²) in [5.41, 5.74) is 0.105. The highest BCUT2D eigenvalue weighted by atomic mass is 35.5. The summed E-state index contributed by atoms with van der Waals surface area (Å²) in [7, 11) is 1.83. The van der Waals surface area contributed by atoms with Crippen LogP contribution in [0.2, 0.25) is 10.0 Å². The molecule has 0 N–H and O–H groups in total. The number of benzene rings is 1. The number of likely N-dealkylation sites (tertiary alicyclic amines) is 1. The molecule has 0 radical (unpaired) electrons. The first-order valence-corrected chi connectivity index (χ1v) is 9.29. The van der Waals surface area contributed by atoms with Crippen LogP contribution in [0.1, 0.15) is 43.0 Å². The Bertz CT molecular complexity index is 646. The summed E-state index contributed by atoms with van der Waals surface area (Å²) in [6, 6.07) is 2.31. The molecule has 1 aliphatic heterocycles. The van der Waals surface area contributed by atoms with Crippen molar-refractivity contribution in [1.82, 2.24) is 9.80 Å². The third-order valence-electron chi connectivity index (χ3n) is 4.60. The van der Waals surface area contributed by atoms with Gasteiger partial charge in [0.1, 0.15) is 5.82 Å². The average Bonchev–Trinajstić information content (AvgIpc) is 2.61. The number of rotatable bonds is 5. The van der Waals surface area contributed by atoms with Gasteiger partial charge in [0, 0.05) is 32.6 Å². The Hall–Kier alpha value is -1.33. The van der Waals surface area contributed by atoms with Gasteiger partial charge < -0.3 is 9.80 Å². The predicted octanol–water partition coefficient (Wildman–Crippen LogP) is 4.24. The highest BCUT2D eigenvalue weighted by molar-refractivity contribution is 6.36. The van der Waals surface area contributed by atoms with Crippen LogP contribution < -0.4 is 0 Å². The highest BCUT2D eigenvalue weighted by Gasteiger charge is 2.30. The number of hydrogen-bond acceptors (Lipinski definition) is 2. The molecule has 1 fully saturated rings. The Kier molecular flexibility index (Phi) is 7.08. The maximum atomic E-state index is 13.6. The number of piperidine rings is 1. The van der Waals surface area contributed by atoms with Crippen molar-refractivity contribution >= 4 is 35.0 Å². The molecule has 1 aromatic rings. The molecule has 4 nitrogen and oxygen atoms in total. The fraction of sp³-hybridized carbons (Fsp3) is 0.556. The van der Waals surface area contributed by atoms with Crippen LogP contribution in [-0.4, -0.2) is 48.3 Å². The van der Waals surface area contributed by atoms with Gasteiger partial charge in [0.15, 0.2) is 0 Å². The SMILES string of the molecule is CCCCN(C)C(=O)C1CCN(C(=O)c2cc(F)c(Cl)cc2Cl)CC1. The molecule has 0 unspecified atom stereocenters. The third kappa shape index (κ3) is 4.85. The monoisotopic (exact) mass is 388 g/mol. The smallest absolute Gasteiger partial charge is 0.255 e. The lowest BCUT2D eigenvalue weighted by Crippen LogP contribution is -2.43. The quantitative estimate of drug-likeness (QED) is 0.707. The third-order valence-corrected chi connectivity index (χ3v) is 5.20. The maximum absolute atomic E-state index is 13.6. The molecular weight excluding hydrogens is 366 g/mol. The van der Waals surface area contributed by atoms with Gasteiger partial charge in [-0.3, -0.25) is 9.59 Å². The number of carbonyl (C=O) groups excluding carboxylic acids is 2. The summed E-state index contributed by atoms with van der Waals surface area (Å²) in [5.74, 6) is -0.928. The Balaban J connectivity index is 1.97. The van der Waals surface area contributed by atoms with Crippen molar-refractivity contribution in [2.45, 2.75) is 32.6 Å². The van der Waals surface area contributed by atoms with Crippen LogP contribution in [0, 0.1) is 11.7 Å². The van der Waals surface area contributed by atoms with Crippen LogP contribution in [0.3, 0.4) is 0 Å². The standard InChI is InChI=1S/C18H23Cl2FN2O2/c1-3-4-7-22(2)17(24)12-5-8-23(9-6-12)18(25)13-10-16(21)15(20)11-14(13)19/h10-12H,3-9H2,1-2H3. The van der Waals surface area contributed by atoms with E-state index in [-0.39, 0.29) is 33.3 Å². The highest BCUT2D eigenvalue weighted by Crippen LogP contribution is 2.27. The van der Waals surface area contributed by atoms with Gasteiger partial charge in [-0.2, -0.15) is 0 Å². The van der Waals surface area contributed by atoms with Gasteiger partial charge in [-0.1, -0.05) is 36.5 Å². The number of amides is 2. The minimum atomic E-state index is -0.669. The summed E-state index contributed by atoms with van der Waals surface area (Å²) in [6.45, 7) is 3.76. The van der Waals surface area contributed by atoms with Crippen molar-refractivity contribution in [2.24, 2.45) is 5.92 Å². The van der Waals surface area contributed by atoms with Gasteiger partial charge >= 0.3 is 0 Å². The summed E-state index contributed by atoms with van der Waals surface area (Å²) in [5, 5.41) is 0.0230. The van der Waals surface area contributed by atoms with E-state index < -0.39 is 5.82 Å². The second-order valence-corrected chi connectivity index (χ2v) is 7.24. The van der Waals surface area contributed by atoms with Crippen LogP contribution in [-0.2, 0) is 4.79 Å². The van der Waals surface area contributed by atoms with Gasteiger partial charge in [0.25, 0.3) is 5.91 Å². The lowest BCUT2D eigenvalue weighted by atomic mass is 9.94. The van der Waals surface area contributed by atoms with Gasteiger partial charge in [-0.25, -0.2) is 4.39 Å². The van der Waals surface area contributed by atoms with Gasteiger partial charge in [-0.15, -0.1) is 0 Å². The molecule has 138 valence electrons. The first-order chi connectivity index (χ1) is 11.8. The summed E-state index contributed by atoms with van der Waals surface area (Å²) >= 11 is 11.7. The first kappa shape index (κ1) is 20.0. The van der Waals surface area contributed by atoms with Gasteiger partial charge in [0.2, 0.25) is 5.91 Å². The Labute approximate surface area is 157 Å². The molecule has 25 heavy (non-hydrogen) atoms. The van der Waals surface area contributed by atoms with Crippen molar-refractivity contribution in [2.75, 3.05) is 26.7 Å². The van der Waals surface area contributed by atoms with E-state index in [1.54, 1.807) is 9.80 Å². The summed E-state index contributed by atoms with van der Waals surface area (Å²) in [4.78, 5) is 28.4. The molecule has 1 heterocycles. The minimum Gasteiger partial charge on any atom is -0.346 e. The molecule has 0 bridgehead atoms. The number of unbranched alkanes of at least 4 members (excludes halogenated alkanes) is 1. The molecule has 2 amide bonds. The van der Waals surface area contributed by atoms with Crippen molar-refractivity contribution < 1.29 is 14.0 Å². The zero-order valence-corrected chi connectivity index (χ0v) is 16.0. The summed E-state index contributed by atoms with van der Waals surface area (Å²) < 4.78 is 13.6. The van der Waals surface area contributed by atoms with E-state index in [2.05, 4.69) is 6.92 Å². The van der Waals surface area contributed by atoms with E-state index in [0.29, 0.717) is 25.9 Å². The second-order valence-electron chi connectivity index (χ2n) is 6.43. The number of hydrogen-bond donors (Lipinski definition) is 0. The minimum absolute atomic E-state index is 0.0664. The molecule has 0 aromatic heterocycles. The van der Waals surface area contributed by atoms with Crippen molar-refractivity contribution in [1.29, 1.82) is 0 Å². The van der Waals surface area contributed by atoms with Crippen LogP contribution in [0.25, 0.3) is 0 Å². The van der Waals surface area contributed by atoms with Crippen LogP contribution in [0.15, 0.2) is 12.1 Å². The van der Waals surface area contributed by atoms with Gasteiger partial charge in [0.05, 0.1) is 15.6 Å². The van der Waals surface area contributed by atoms with Crippen LogP contribution in [0.5, 0.6) is 0 Å². The molecule has 7 heteroatoms. The number of carbonyl (C=O) groups is 2. The molecular formula is C18H23Cl2FN2O2. The predicted molar refractivity (Wildman–Crippen MR) is 97.6 cm³/mol. The second kappa shape index (κ2) is 8.86. The van der Waals surface area contributed by atoms with E-state index in [1.807, 2.05) is 7.05 Å². The van der Waals surface area contributed by atoms with E-state index in [1.165, 1.54) is 6.07 Å². The lowest BCUT2D eigenvalue weighted by molar-refractivity contribution is -0.135. The number of halogens is 3. The molecule has 1 aromatic carbocycles. The molecule has 2 rings (SSSR count). The molecule has 0 spiro atoms. The fourth-order valence-electron chi connectivity index (χ4n) is 3.00. The van der Waals surface area contributed by atoms with Crippen molar-refractivity contribution in [3.05, 3.63) is 33.6 Å². The molecule has 1 aliphatic rings. The molecule has 0 atom stereocenters. The van der Waals surface area contributed by atoms with E-state index in [0.717, 1.165) is 25.5 Å². The number of nitrogens with zero attached hydrogens (tertiary/aromatic N) is 2. The zero-order chi connectivity index (χ0) is 18.6. The Morgan fingerprint density at radius 1 is 1.24 bits per heavy atom. The maximum Gasteiger partial charge on any atom is 0.255 e. The van der Waals surface area contributed by atoms with Gasteiger partial charge in [-0.05, 0) is 31.4 Å². The van der Waals surface area contributed by atoms with Crippen molar-refractivity contribution in [3.63, 3.8) is 0 Å². The van der Waals surface area contributed by atoms with E-state index >= 15 is 0 Å². The summed E-state index contributed by atoms with van der Waals surface area (Å²) in [6.07, 6.45) is 3.24.